The average molecular weight is 432 g/mol. The van der Waals surface area contributed by atoms with Crippen LogP contribution in [0.5, 0.6) is 23.0 Å². The summed E-state index contributed by atoms with van der Waals surface area (Å²) in [5.41, 5.74) is 2.51. The molecule has 0 N–H and O–H groups in total. The van der Waals surface area contributed by atoms with E-state index in [1.165, 1.54) is 0 Å². The van der Waals surface area contributed by atoms with E-state index < -0.39 is 0 Å². The zero-order valence-corrected chi connectivity index (χ0v) is 18.2. The van der Waals surface area contributed by atoms with Gasteiger partial charge in [0.2, 0.25) is 0 Å². The van der Waals surface area contributed by atoms with E-state index in [1.54, 1.807) is 44.2 Å². The fourth-order valence-corrected chi connectivity index (χ4v) is 3.50. The van der Waals surface area contributed by atoms with Gasteiger partial charge in [-0.3, -0.25) is 9.78 Å². The molecule has 2 aromatic heterocycles. The predicted molar refractivity (Wildman–Crippen MR) is 123 cm³/mol. The van der Waals surface area contributed by atoms with Crippen LogP contribution in [0, 0.1) is 0 Å². The van der Waals surface area contributed by atoms with E-state index in [-0.39, 0.29) is 5.56 Å². The van der Waals surface area contributed by atoms with E-state index in [9.17, 15) is 4.79 Å². The fraction of sp³-hybridized carbons (Fsp3) is 0.200. The highest BCUT2D eigenvalue weighted by Gasteiger charge is 2.09. The molecule has 0 spiro atoms. The average Bonchev–Trinajstić information content (AvgIpc) is 2.84. The number of benzene rings is 2. The van der Waals surface area contributed by atoms with E-state index >= 15 is 0 Å². The zero-order chi connectivity index (χ0) is 22.5. The molecule has 0 amide bonds. The van der Waals surface area contributed by atoms with Crippen molar-refractivity contribution in [3.8, 4) is 34.1 Å². The van der Waals surface area contributed by atoms with Crippen molar-refractivity contribution < 1.29 is 18.9 Å². The molecule has 0 unspecified atom stereocenters. The van der Waals surface area contributed by atoms with Crippen LogP contribution in [0.3, 0.4) is 0 Å². The molecule has 2 heterocycles. The molecule has 0 saturated heterocycles. The summed E-state index contributed by atoms with van der Waals surface area (Å²) in [4.78, 5) is 16.8. The molecular formula is C25H24N2O5. The molecule has 4 rings (SSSR count). The third-order valence-corrected chi connectivity index (χ3v) is 5.20. The second kappa shape index (κ2) is 9.43. The Morgan fingerprint density at radius 3 is 2.41 bits per heavy atom. The van der Waals surface area contributed by atoms with Gasteiger partial charge < -0.3 is 23.5 Å². The summed E-state index contributed by atoms with van der Waals surface area (Å²) in [5, 5.41) is 0.889. The topological polar surface area (TPSA) is 71.8 Å². The third kappa shape index (κ3) is 4.37. The smallest absolute Gasteiger partial charge is 0.250 e. The SMILES string of the molecule is COc1ccc2c(OCCn3cc(-c4ccc(OC)c(OC)c4)ccc3=O)ccnc2c1. The van der Waals surface area contributed by atoms with Gasteiger partial charge in [-0.25, -0.2) is 0 Å². The minimum atomic E-state index is -0.0952. The van der Waals surface area contributed by atoms with E-state index in [4.69, 9.17) is 18.9 Å². The first kappa shape index (κ1) is 21.2. The summed E-state index contributed by atoms with van der Waals surface area (Å²) < 4.78 is 23.6. The van der Waals surface area contributed by atoms with Crippen LogP contribution in [-0.2, 0) is 6.54 Å². The van der Waals surface area contributed by atoms with Gasteiger partial charge in [0.05, 0.1) is 33.4 Å². The minimum absolute atomic E-state index is 0.0952. The Kier molecular flexibility index (Phi) is 6.26. The maximum Gasteiger partial charge on any atom is 0.250 e. The Balaban J connectivity index is 1.52. The number of hydrogen-bond acceptors (Lipinski definition) is 6. The molecule has 0 aliphatic carbocycles. The van der Waals surface area contributed by atoms with Gasteiger partial charge in [0.15, 0.2) is 11.5 Å². The first-order valence-electron chi connectivity index (χ1n) is 10.1. The Morgan fingerprint density at radius 1 is 0.812 bits per heavy atom. The number of nitrogens with zero attached hydrogens (tertiary/aromatic N) is 2. The van der Waals surface area contributed by atoms with E-state index in [1.807, 2.05) is 48.7 Å². The number of aromatic nitrogens is 2. The summed E-state index contributed by atoms with van der Waals surface area (Å²) in [6.45, 7) is 0.736. The molecule has 0 fully saturated rings. The van der Waals surface area contributed by atoms with Crippen molar-refractivity contribution in [2.75, 3.05) is 27.9 Å². The minimum Gasteiger partial charge on any atom is -0.497 e. The van der Waals surface area contributed by atoms with Gasteiger partial charge in [0.25, 0.3) is 5.56 Å². The first-order valence-corrected chi connectivity index (χ1v) is 10.1. The zero-order valence-electron chi connectivity index (χ0n) is 18.2. The second-order valence-corrected chi connectivity index (χ2v) is 7.06. The summed E-state index contributed by atoms with van der Waals surface area (Å²) in [5.74, 6) is 2.73. The number of hydrogen-bond donors (Lipinski definition) is 0. The molecule has 32 heavy (non-hydrogen) atoms. The van der Waals surface area contributed by atoms with Gasteiger partial charge in [0, 0.05) is 29.9 Å². The molecule has 2 aromatic carbocycles. The molecule has 0 aliphatic rings. The van der Waals surface area contributed by atoms with Crippen LogP contribution in [0.2, 0.25) is 0 Å². The lowest BCUT2D eigenvalue weighted by molar-refractivity contribution is 0.299. The van der Waals surface area contributed by atoms with Gasteiger partial charge in [-0.15, -0.1) is 0 Å². The standard InChI is InChI=1S/C25H24N2O5/c1-29-19-6-7-20-21(15-19)26-11-10-22(20)32-13-12-27-16-18(5-9-25(27)28)17-4-8-23(30-2)24(14-17)31-3/h4-11,14-16H,12-13H2,1-3H3. The van der Waals surface area contributed by atoms with Crippen LogP contribution in [0.1, 0.15) is 0 Å². The maximum atomic E-state index is 12.4. The lowest BCUT2D eigenvalue weighted by Gasteiger charge is -2.13. The summed E-state index contributed by atoms with van der Waals surface area (Å²) in [7, 11) is 4.81. The van der Waals surface area contributed by atoms with Crippen LogP contribution in [0.25, 0.3) is 22.0 Å². The van der Waals surface area contributed by atoms with Crippen molar-refractivity contribution in [3.05, 3.63) is 77.3 Å². The molecular weight excluding hydrogens is 408 g/mol. The fourth-order valence-electron chi connectivity index (χ4n) is 3.50. The van der Waals surface area contributed by atoms with E-state index in [0.717, 1.165) is 27.8 Å². The monoisotopic (exact) mass is 432 g/mol. The second-order valence-electron chi connectivity index (χ2n) is 7.06. The Hall–Kier alpha value is -4.00. The third-order valence-electron chi connectivity index (χ3n) is 5.20. The summed E-state index contributed by atoms with van der Waals surface area (Å²) in [6, 6.07) is 16.5. The van der Waals surface area contributed by atoms with Crippen LogP contribution < -0.4 is 24.5 Å². The van der Waals surface area contributed by atoms with Crippen molar-refractivity contribution in [1.82, 2.24) is 9.55 Å². The normalized spacial score (nSPS) is 10.7. The first-order chi connectivity index (χ1) is 15.6. The number of methoxy groups -OCH3 is 3. The highest BCUT2D eigenvalue weighted by atomic mass is 16.5. The molecule has 0 bridgehead atoms. The van der Waals surface area contributed by atoms with Gasteiger partial charge >= 0.3 is 0 Å². The molecule has 4 aromatic rings. The molecule has 7 nitrogen and oxygen atoms in total. The summed E-state index contributed by atoms with van der Waals surface area (Å²) in [6.07, 6.45) is 3.52. The van der Waals surface area contributed by atoms with Crippen LogP contribution in [0.4, 0.5) is 0 Å². The van der Waals surface area contributed by atoms with Crippen LogP contribution in [0.15, 0.2) is 71.8 Å². The van der Waals surface area contributed by atoms with Crippen LogP contribution >= 0.6 is 0 Å². The van der Waals surface area contributed by atoms with E-state index in [0.29, 0.717) is 30.4 Å². The maximum absolute atomic E-state index is 12.4. The number of rotatable bonds is 8. The highest BCUT2D eigenvalue weighted by Crippen LogP contribution is 2.32. The predicted octanol–water partition coefficient (Wildman–Crippen LogP) is 4.17. The molecule has 7 heteroatoms. The lowest BCUT2D eigenvalue weighted by atomic mass is 10.1. The van der Waals surface area contributed by atoms with Gasteiger partial charge in [-0.1, -0.05) is 6.07 Å². The molecule has 0 aliphatic heterocycles. The van der Waals surface area contributed by atoms with Gasteiger partial charge in [-0.2, -0.15) is 0 Å². The van der Waals surface area contributed by atoms with Crippen molar-refractivity contribution >= 4 is 10.9 Å². The summed E-state index contributed by atoms with van der Waals surface area (Å²) >= 11 is 0. The Bertz CT molecular complexity index is 1300. The van der Waals surface area contributed by atoms with Crippen molar-refractivity contribution in [2.24, 2.45) is 0 Å². The van der Waals surface area contributed by atoms with Gasteiger partial charge in [-0.05, 0) is 47.5 Å². The van der Waals surface area contributed by atoms with Crippen molar-refractivity contribution in [3.63, 3.8) is 0 Å². The lowest BCUT2D eigenvalue weighted by Crippen LogP contribution is -2.22. The van der Waals surface area contributed by atoms with Crippen LogP contribution in [-0.4, -0.2) is 37.5 Å². The highest BCUT2D eigenvalue weighted by molar-refractivity contribution is 5.85. The van der Waals surface area contributed by atoms with Gasteiger partial charge in [0.1, 0.15) is 18.1 Å². The number of pyridine rings is 2. The number of ether oxygens (including phenoxy) is 4. The van der Waals surface area contributed by atoms with Crippen molar-refractivity contribution in [1.29, 1.82) is 0 Å². The molecule has 0 saturated carbocycles. The number of fused-ring (bicyclic) bond motifs is 1. The largest absolute Gasteiger partial charge is 0.497 e. The molecule has 0 radical (unpaired) electrons. The van der Waals surface area contributed by atoms with Crippen molar-refractivity contribution in [2.45, 2.75) is 6.54 Å². The quantitative estimate of drug-likeness (QED) is 0.416. The van der Waals surface area contributed by atoms with E-state index in [2.05, 4.69) is 4.98 Å². The Labute approximate surface area is 185 Å². The Morgan fingerprint density at radius 2 is 1.62 bits per heavy atom. The molecule has 0 atom stereocenters. The molecule has 164 valence electrons.